The van der Waals surface area contributed by atoms with Crippen molar-refractivity contribution in [3.63, 3.8) is 0 Å². The third kappa shape index (κ3) is 4.95. The van der Waals surface area contributed by atoms with E-state index in [1.165, 1.54) is 0 Å². The van der Waals surface area contributed by atoms with Crippen LogP contribution in [0.4, 0.5) is 0 Å². The van der Waals surface area contributed by atoms with Crippen molar-refractivity contribution in [2.45, 2.75) is 43.0 Å². The van der Waals surface area contributed by atoms with Crippen LogP contribution in [0.25, 0.3) is 22.2 Å². The summed E-state index contributed by atoms with van der Waals surface area (Å²) in [7, 11) is -3.54. The number of nitrogens with zero attached hydrogens (tertiary/aromatic N) is 2. The lowest BCUT2D eigenvalue weighted by atomic mass is 10.0. The molecule has 0 atom stereocenters. The van der Waals surface area contributed by atoms with Gasteiger partial charge >= 0.3 is 0 Å². The number of H-pyrrole nitrogens is 1. The molecule has 0 spiro atoms. The molecule has 5 rings (SSSR count). The number of amides is 1. The zero-order valence-corrected chi connectivity index (χ0v) is 20.1. The Kier molecular flexibility index (Phi) is 6.44. The zero-order chi connectivity index (χ0) is 22.8. The van der Waals surface area contributed by atoms with Gasteiger partial charge in [-0.25, -0.2) is 18.1 Å². The molecule has 7 nitrogen and oxygen atoms in total. The number of thioether (sulfide) groups is 1. The Hall–Kier alpha value is -2.36. The highest BCUT2D eigenvalue weighted by molar-refractivity contribution is 7.99. The molecule has 0 saturated carbocycles. The number of nitrogens with one attached hydrogen (secondary N) is 2. The average Bonchev–Trinajstić information content (AvgIpc) is 3.49. The van der Waals surface area contributed by atoms with Crippen molar-refractivity contribution in [3.05, 3.63) is 48.3 Å². The number of carbonyl (C=O) groups is 1. The van der Waals surface area contributed by atoms with Crippen molar-refractivity contribution in [2.24, 2.45) is 0 Å². The van der Waals surface area contributed by atoms with Crippen molar-refractivity contribution >= 4 is 38.7 Å². The maximum Gasteiger partial charge on any atom is 0.240 e. The molecule has 2 aliphatic rings. The SMILES string of the molecule is O=C(Cc1cc2c(-c3ccc(S(=O)(=O)NC4CCSCC4)cc3)ccnc2[nH]1)N1CCCC1. The first-order valence-electron chi connectivity index (χ1n) is 11.4. The van der Waals surface area contributed by atoms with E-state index in [0.29, 0.717) is 6.42 Å². The fraction of sp³-hybridized carbons (Fsp3) is 0.417. The van der Waals surface area contributed by atoms with Crippen LogP contribution in [0, 0.1) is 0 Å². The topological polar surface area (TPSA) is 95.2 Å². The molecule has 2 N–H and O–H groups in total. The van der Waals surface area contributed by atoms with E-state index in [1.807, 2.05) is 40.9 Å². The van der Waals surface area contributed by atoms with Crippen molar-refractivity contribution in [2.75, 3.05) is 24.6 Å². The van der Waals surface area contributed by atoms with Crippen molar-refractivity contribution < 1.29 is 13.2 Å². The van der Waals surface area contributed by atoms with Gasteiger partial charge in [-0.1, -0.05) is 12.1 Å². The highest BCUT2D eigenvalue weighted by atomic mass is 32.2. The lowest BCUT2D eigenvalue weighted by molar-refractivity contribution is -0.129. The number of pyridine rings is 1. The molecule has 1 amide bonds. The third-order valence-electron chi connectivity index (χ3n) is 6.41. The second kappa shape index (κ2) is 9.48. The predicted molar refractivity (Wildman–Crippen MR) is 132 cm³/mol. The molecule has 0 bridgehead atoms. The summed E-state index contributed by atoms with van der Waals surface area (Å²) in [5, 5.41) is 0.926. The molecule has 3 aromatic rings. The summed E-state index contributed by atoms with van der Waals surface area (Å²) in [6.07, 6.45) is 5.95. The molecule has 2 aromatic heterocycles. The molecule has 33 heavy (non-hydrogen) atoms. The van der Waals surface area contributed by atoms with Gasteiger partial charge in [0.1, 0.15) is 5.65 Å². The van der Waals surface area contributed by atoms with E-state index in [-0.39, 0.29) is 16.8 Å². The van der Waals surface area contributed by atoms with Crippen LogP contribution in [0.2, 0.25) is 0 Å². The molecule has 1 aromatic carbocycles. The number of aromatic amines is 1. The van der Waals surface area contributed by atoms with Crippen LogP contribution in [0.5, 0.6) is 0 Å². The molecule has 0 radical (unpaired) electrons. The maximum absolute atomic E-state index is 12.8. The van der Waals surface area contributed by atoms with Crippen molar-refractivity contribution in [1.82, 2.24) is 19.6 Å². The maximum atomic E-state index is 12.8. The van der Waals surface area contributed by atoms with Crippen molar-refractivity contribution in [3.8, 4) is 11.1 Å². The molecule has 2 fully saturated rings. The van der Waals surface area contributed by atoms with Gasteiger partial charge in [0.25, 0.3) is 0 Å². The minimum atomic E-state index is -3.54. The number of likely N-dealkylation sites (tertiary alicyclic amines) is 1. The molecular formula is C24H28N4O3S2. The van der Waals surface area contributed by atoms with E-state index in [1.54, 1.807) is 18.3 Å². The van der Waals surface area contributed by atoms with Crippen LogP contribution in [0.1, 0.15) is 31.4 Å². The van der Waals surface area contributed by atoms with Crippen LogP contribution in [-0.2, 0) is 21.2 Å². The summed E-state index contributed by atoms with van der Waals surface area (Å²) < 4.78 is 28.5. The van der Waals surface area contributed by atoms with E-state index in [9.17, 15) is 13.2 Å². The van der Waals surface area contributed by atoms with Gasteiger partial charge in [0.2, 0.25) is 15.9 Å². The molecule has 2 saturated heterocycles. The molecule has 9 heteroatoms. The third-order valence-corrected chi connectivity index (χ3v) is 8.99. The Balaban J connectivity index is 1.36. The normalized spacial score (nSPS) is 17.6. The quantitative estimate of drug-likeness (QED) is 0.558. The van der Waals surface area contributed by atoms with Crippen LogP contribution >= 0.6 is 11.8 Å². The molecule has 4 heterocycles. The number of carbonyl (C=O) groups excluding carboxylic acids is 1. The standard InChI is InChI=1S/C24H28N4O3S2/c29-23(28-11-1-2-12-28)16-19-15-22-21(7-10-25-24(22)26-19)17-3-5-20(6-4-17)33(30,31)27-18-8-13-32-14-9-18/h3-7,10,15,18,27H,1-2,8-9,11-14,16H2,(H,25,26). The smallest absolute Gasteiger partial charge is 0.240 e. The van der Waals surface area contributed by atoms with Gasteiger partial charge in [-0.2, -0.15) is 11.8 Å². The van der Waals surface area contributed by atoms with Crippen LogP contribution < -0.4 is 4.72 Å². The Bertz CT molecular complexity index is 1240. The Morgan fingerprint density at radius 2 is 1.85 bits per heavy atom. The molecule has 2 aliphatic heterocycles. The van der Waals surface area contributed by atoms with Crippen LogP contribution in [-0.4, -0.2) is 59.8 Å². The fourth-order valence-corrected chi connectivity index (χ4v) is 7.00. The van der Waals surface area contributed by atoms with Gasteiger partial charge in [-0.15, -0.1) is 0 Å². The zero-order valence-electron chi connectivity index (χ0n) is 18.4. The number of hydrogen-bond donors (Lipinski definition) is 2. The largest absolute Gasteiger partial charge is 0.343 e. The van der Waals surface area contributed by atoms with Crippen LogP contribution in [0.3, 0.4) is 0 Å². The highest BCUT2D eigenvalue weighted by Crippen LogP contribution is 2.29. The average molecular weight is 485 g/mol. The Labute approximate surface area is 198 Å². The number of fused-ring (bicyclic) bond motifs is 1. The number of benzene rings is 1. The van der Waals surface area contributed by atoms with Gasteiger partial charge in [-0.05, 0) is 72.6 Å². The first kappa shape index (κ1) is 22.4. The summed E-state index contributed by atoms with van der Waals surface area (Å²) in [5.74, 6) is 2.12. The van der Waals surface area contributed by atoms with Gasteiger partial charge in [0.05, 0.1) is 11.3 Å². The number of sulfonamides is 1. The van der Waals surface area contributed by atoms with Crippen LogP contribution in [0.15, 0.2) is 47.5 Å². The summed E-state index contributed by atoms with van der Waals surface area (Å²) in [6, 6.07) is 10.9. The summed E-state index contributed by atoms with van der Waals surface area (Å²) >= 11 is 1.87. The summed E-state index contributed by atoms with van der Waals surface area (Å²) in [6.45, 7) is 1.68. The molecule has 0 aliphatic carbocycles. The van der Waals surface area contributed by atoms with Gasteiger partial charge in [0.15, 0.2) is 0 Å². The van der Waals surface area contributed by atoms with E-state index in [2.05, 4.69) is 14.7 Å². The van der Waals surface area contributed by atoms with E-state index in [4.69, 9.17) is 0 Å². The predicted octanol–water partition coefficient (Wildman–Crippen LogP) is 3.57. The summed E-state index contributed by atoms with van der Waals surface area (Å²) in [5.41, 5.74) is 3.44. The lowest BCUT2D eigenvalue weighted by Gasteiger charge is -2.22. The monoisotopic (exact) mass is 484 g/mol. The van der Waals surface area contributed by atoms with E-state index in [0.717, 1.165) is 78.1 Å². The number of hydrogen-bond acceptors (Lipinski definition) is 5. The second-order valence-electron chi connectivity index (χ2n) is 8.71. The molecule has 0 unspecified atom stereocenters. The first-order valence-corrected chi connectivity index (χ1v) is 14.1. The van der Waals surface area contributed by atoms with Gasteiger partial charge in [-0.3, -0.25) is 4.79 Å². The van der Waals surface area contributed by atoms with Gasteiger partial charge < -0.3 is 9.88 Å². The second-order valence-corrected chi connectivity index (χ2v) is 11.7. The molecular weight excluding hydrogens is 456 g/mol. The Morgan fingerprint density at radius 1 is 1.12 bits per heavy atom. The van der Waals surface area contributed by atoms with E-state index < -0.39 is 10.0 Å². The fourth-order valence-electron chi connectivity index (χ4n) is 4.59. The number of rotatable bonds is 6. The van der Waals surface area contributed by atoms with Gasteiger partial charge in [0, 0.05) is 36.4 Å². The minimum absolute atomic E-state index is 0.0114. The minimum Gasteiger partial charge on any atom is -0.343 e. The highest BCUT2D eigenvalue weighted by Gasteiger charge is 2.22. The number of aromatic nitrogens is 2. The van der Waals surface area contributed by atoms with Crippen molar-refractivity contribution in [1.29, 1.82) is 0 Å². The van der Waals surface area contributed by atoms with E-state index >= 15 is 0 Å². The first-order chi connectivity index (χ1) is 16.0. The Morgan fingerprint density at radius 3 is 2.58 bits per heavy atom. The molecule has 174 valence electrons. The summed E-state index contributed by atoms with van der Waals surface area (Å²) in [4.78, 5) is 22.4. The lowest BCUT2D eigenvalue weighted by Crippen LogP contribution is -2.37.